The Morgan fingerprint density at radius 1 is 1.05 bits per heavy atom. The Bertz CT molecular complexity index is 518. The number of amides is 2. The first-order valence-electron chi connectivity index (χ1n) is 8.09. The number of hydrogen-bond donors (Lipinski definition) is 1. The van der Waals surface area contributed by atoms with Crippen LogP contribution in [0.3, 0.4) is 0 Å². The molecule has 0 bridgehead atoms. The van der Waals surface area contributed by atoms with Crippen LogP contribution in [-0.2, 0) is 4.79 Å². The highest BCUT2D eigenvalue weighted by Crippen LogP contribution is 2.13. The van der Waals surface area contributed by atoms with Crippen LogP contribution in [0.5, 0.6) is 0 Å². The fraction of sp³-hybridized carbons (Fsp3) is 0.529. The number of nitrogens with one attached hydrogen (secondary N) is 1. The molecule has 118 valence electrons. The van der Waals surface area contributed by atoms with E-state index in [1.165, 1.54) is 0 Å². The molecule has 0 saturated carbocycles. The number of benzene rings is 1. The molecule has 2 aliphatic heterocycles. The van der Waals surface area contributed by atoms with Gasteiger partial charge in [0, 0.05) is 44.2 Å². The average molecular weight is 301 g/mol. The summed E-state index contributed by atoms with van der Waals surface area (Å²) < 4.78 is 0. The second-order valence-electron chi connectivity index (χ2n) is 6.04. The summed E-state index contributed by atoms with van der Waals surface area (Å²) in [6.45, 7) is 3.56. The molecule has 0 aliphatic carbocycles. The summed E-state index contributed by atoms with van der Waals surface area (Å²) in [5.74, 6) is 0.274. The first kappa shape index (κ1) is 15.0. The minimum absolute atomic E-state index is 0.0603. The van der Waals surface area contributed by atoms with Crippen molar-refractivity contribution >= 4 is 11.8 Å². The van der Waals surface area contributed by atoms with Crippen LogP contribution >= 0.6 is 0 Å². The molecule has 5 heteroatoms. The summed E-state index contributed by atoms with van der Waals surface area (Å²) in [5.41, 5.74) is 0.720. The maximum Gasteiger partial charge on any atom is 0.253 e. The van der Waals surface area contributed by atoms with E-state index in [0.29, 0.717) is 38.6 Å². The van der Waals surface area contributed by atoms with E-state index in [9.17, 15) is 9.59 Å². The Kier molecular flexibility index (Phi) is 4.73. The zero-order chi connectivity index (χ0) is 15.4. The lowest BCUT2D eigenvalue weighted by Crippen LogP contribution is -2.51. The van der Waals surface area contributed by atoms with Crippen LogP contribution in [0.2, 0.25) is 0 Å². The van der Waals surface area contributed by atoms with Crippen molar-refractivity contribution in [2.75, 3.05) is 32.7 Å². The average Bonchev–Trinajstić information content (AvgIpc) is 3.08. The number of rotatable bonds is 3. The van der Waals surface area contributed by atoms with Gasteiger partial charge in [-0.2, -0.15) is 0 Å². The zero-order valence-corrected chi connectivity index (χ0v) is 12.8. The summed E-state index contributed by atoms with van der Waals surface area (Å²) in [5, 5.41) is 3.36. The van der Waals surface area contributed by atoms with Gasteiger partial charge in [0.25, 0.3) is 5.91 Å². The molecule has 0 spiro atoms. The Morgan fingerprint density at radius 2 is 1.73 bits per heavy atom. The lowest BCUT2D eigenvalue weighted by molar-refractivity contribution is -0.133. The molecular formula is C17H23N3O2. The molecule has 1 N–H and O–H groups in total. The highest BCUT2D eigenvalue weighted by atomic mass is 16.2. The lowest BCUT2D eigenvalue weighted by atomic mass is 10.1. The van der Waals surface area contributed by atoms with Gasteiger partial charge >= 0.3 is 0 Å². The maximum absolute atomic E-state index is 12.4. The predicted octanol–water partition coefficient (Wildman–Crippen LogP) is 1.11. The van der Waals surface area contributed by atoms with Crippen molar-refractivity contribution in [1.29, 1.82) is 0 Å². The summed E-state index contributed by atoms with van der Waals surface area (Å²) >= 11 is 0. The van der Waals surface area contributed by atoms with Gasteiger partial charge in [0.1, 0.15) is 0 Å². The Hall–Kier alpha value is -1.88. The molecule has 2 saturated heterocycles. The summed E-state index contributed by atoms with van der Waals surface area (Å²) in [7, 11) is 0. The van der Waals surface area contributed by atoms with Gasteiger partial charge in [-0.15, -0.1) is 0 Å². The SMILES string of the molecule is O=C(CC1CCCN1)N1CCN(C(=O)c2ccccc2)CC1. The first-order valence-corrected chi connectivity index (χ1v) is 8.09. The Labute approximate surface area is 131 Å². The maximum atomic E-state index is 12.4. The molecule has 22 heavy (non-hydrogen) atoms. The van der Waals surface area contributed by atoms with Crippen LogP contribution in [0.25, 0.3) is 0 Å². The predicted molar refractivity (Wildman–Crippen MR) is 84.6 cm³/mol. The second-order valence-corrected chi connectivity index (χ2v) is 6.04. The highest BCUT2D eigenvalue weighted by Gasteiger charge is 2.26. The first-order chi connectivity index (χ1) is 10.7. The van der Waals surface area contributed by atoms with Gasteiger partial charge in [-0.1, -0.05) is 18.2 Å². The molecule has 3 rings (SSSR count). The van der Waals surface area contributed by atoms with Crippen molar-refractivity contribution in [2.24, 2.45) is 0 Å². The van der Waals surface area contributed by atoms with Gasteiger partial charge in [-0.3, -0.25) is 9.59 Å². The summed E-state index contributed by atoms with van der Waals surface area (Å²) in [6, 6.07) is 9.68. The van der Waals surface area contributed by atoms with E-state index in [4.69, 9.17) is 0 Å². The van der Waals surface area contributed by atoms with Crippen molar-refractivity contribution in [3.05, 3.63) is 35.9 Å². The van der Waals surface area contributed by atoms with Gasteiger partial charge in [0.05, 0.1) is 0 Å². The monoisotopic (exact) mass is 301 g/mol. The molecule has 2 fully saturated rings. The van der Waals surface area contributed by atoms with Gasteiger partial charge in [-0.05, 0) is 31.5 Å². The number of nitrogens with zero attached hydrogens (tertiary/aromatic N) is 2. The molecule has 2 aliphatic rings. The molecule has 0 aromatic heterocycles. The number of carbonyl (C=O) groups excluding carboxylic acids is 2. The quantitative estimate of drug-likeness (QED) is 0.910. The lowest BCUT2D eigenvalue weighted by Gasteiger charge is -2.35. The van der Waals surface area contributed by atoms with Crippen molar-refractivity contribution < 1.29 is 9.59 Å². The number of carbonyl (C=O) groups is 2. The van der Waals surface area contributed by atoms with Crippen LogP contribution in [0.15, 0.2) is 30.3 Å². The third kappa shape index (κ3) is 3.47. The van der Waals surface area contributed by atoms with E-state index in [2.05, 4.69) is 5.32 Å². The smallest absolute Gasteiger partial charge is 0.253 e. The standard InChI is InChI=1S/C17H23N3O2/c21-16(13-15-7-4-8-18-15)19-9-11-20(12-10-19)17(22)14-5-2-1-3-6-14/h1-3,5-6,15,18H,4,7-13H2. The normalized spacial score (nSPS) is 21.9. The Morgan fingerprint density at radius 3 is 2.36 bits per heavy atom. The second kappa shape index (κ2) is 6.92. The largest absolute Gasteiger partial charge is 0.339 e. The summed E-state index contributed by atoms with van der Waals surface area (Å²) in [6.07, 6.45) is 2.85. The van der Waals surface area contributed by atoms with Gasteiger partial charge < -0.3 is 15.1 Å². The van der Waals surface area contributed by atoms with E-state index in [1.54, 1.807) is 0 Å². The van der Waals surface area contributed by atoms with Crippen molar-refractivity contribution in [2.45, 2.75) is 25.3 Å². The van der Waals surface area contributed by atoms with Crippen LogP contribution in [-0.4, -0.2) is 60.4 Å². The molecule has 1 unspecified atom stereocenters. The number of hydrogen-bond acceptors (Lipinski definition) is 3. The topological polar surface area (TPSA) is 52.7 Å². The van der Waals surface area contributed by atoms with Crippen LogP contribution < -0.4 is 5.32 Å². The minimum Gasteiger partial charge on any atom is -0.339 e. The third-order valence-corrected chi connectivity index (χ3v) is 4.52. The van der Waals surface area contributed by atoms with E-state index in [-0.39, 0.29) is 11.8 Å². The van der Waals surface area contributed by atoms with Gasteiger partial charge in [-0.25, -0.2) is 0 Å². The van der Waals surface area contributed by atoms with Crippen molar-refractivity contribution in [3.63, 3.8) is 0 Å². The number of piperazine rings is 1. The van der Waals surface area contributed by atoms with E-state index in [0.717, 1.165) is 24.9 Å². The van der Waals surface area contributed by atoms with Crippen LogP contribution in [0.1, 0.15) is 29.6 Å². The van der Waals surface area contributed by atoms with Gasteiger partial charge in [0.15, 0.2) is 0 Å². The molecule has 1 aromatic carbocycles. The van der Waals surface area contributed by atoms with Gasteiger partial charge in [0.2, 0.25) is 5.91 Å². The van der Waals surface area contributed by atoms with Crippen molar-refractivity contribution in [1.82, 2.24) is 15.1 Å². The molecule has 2 amide bonds. The highest BCUT2D eigenvalue weighted by molar-refractivity contribution is 5.94. The molecule has 2 heterocycles. The van der Waals surface area contributed by atoms with Crippen LogP contribution in [0.4, 0.5) is 0 Å². The molecule has 0 radical (unpaired) electrons. The summed E-state index contributed by atoms with van der Waals surface area (Å²) in [4.78, 5) is 28.4. The zero-order valence-electron chi connectivity index (χ0n) is 12.8. The van der Waals surface area contributed by atoms with E-state index in [1.807, 2.05) is 40.1 Å². The molecule has 1 atom stereocenters. The fourth-order valence-corrected chi connectivity index (χ4v) is 3.19. The van der Waals surface area contributed by atoms with Crippen molar-refractivity contribution in [3.8, 4) is 0 Å². The fourth-order valence-electron chi connectivity index (χ4n) is 3.19. The molecular weight excluding hydrogens is 278 g/mol. The Balaban J connectivity index is 1.49. The van der Waals surface area contributed by atoms with E-state index < -0.39 is 0 Å². The van der Waals surface area contributed by atoms with E-state index >= 15 is 0 Å². The minimum atomic E-state index is 0.0603. The third-order valence-electron chi connectivity index (χ3n) is 4.52. The molecule has 1 aromatic rings. The van der Waals surface area contributed by atoms with Crippen LogP contribution in [0, 0.1) is 0 Å². The molecule has 5 nitrogen and oxygen atoms in total.